The molecule has 3 rings (SSSR count). The third kappa shape index (κ3) is 5.26. The molecule has 0 aromatic heterocycles. The molecule has 6 nitrogen and oxygen atoms in total. The van der Waals surface area contributed by atoms with Gasteiger partial charge in [0, 0.05) is 5.39 Å². The van der Waals surface area contributed by atoms with E-state index in [4.69, 9.17) is 23.2 Å². The van der Waals surface area contributed by atoms with Crippen molar-refractivity contribution >= 4 is 61.8 Å². The third-order valence-electron chi connectivity index (χ3n) is 4.07. The van der Waals surface area contributed by atoms with E-state index in [9.17, 15) is 13.2 Å². The molecule has 150 valence electrons. The summed E-state index contributed by atoms with van der Waals surface area (Å²) in [7, 11) is -3.70. The Morgan fingerprint density at radius 3 is 2.52 bits per heavy atom. The van der Waals surface area contributed by atoms with Gasteiger partial charge in [-0.05, 0) is 29.1 Å². The highest BCUT2D eigenvalue weighted by molar-refractivity contribution is 7.92. The van der Waals surface area contributed by atoms with E-state index in [1.807, 2.05) is 30.3 Å². The molecule has 0 spiro atoms. The molecule has 0 saturated heterocycles. The Morgan fingerprint density at radius 1 is 1.07 bits per heavy atom. The Kier molecular flexibility index (Phi) is 6.42. The zero-order chi connectivity index (χ0) is 21.0. The summed E-state index contributed by atoms with van der Waals surface area (Å²) in [6.45, 7) is -0.411. The molecule has 0 aliphatic carbocycles. The van der Waals surface area contributed by atoms with Crippen molar-refractivity contribution in [2.45, 2.75) is 0 Å². The Labute approximate surface area is 178 Å². The van der Waals surface area contributed by atoms with Gasteiger partial charge in [0.05, 0.1) is 28.2 Å². The number of sulfonamides is 1. The highest BCUT2D eigenvalue weighted by Crippen LogP contribution is 2.28. The summed E-state index contributed by atoms with van der Waals surface area (Å²) in [5.41, 5.74) is 3.39. The van der Waals surface area contributed by atoms with Crippen LogP contribution in [-0.4, -0.2) is 33.3 Å². The highest BCUT2D eigenvalue weighted by Gasteiger charge is 2.22. The summed E-state index contributed by atoms with van der Waals surface area (Å²) in [5, 5.41) is 6.23. The summed E-state index contributed by atoms with van der Waals surface area (Å²) >= 11 is 11.8. The number of fused-ring (bicyclic) bond motifs is 1. The summed E-state index contributed by atoms with van der Waals surface area (Å²) in [6, 6.07) is 17.5. The van der Waals surface area contributed by atoms with Gasteiger partial charge in [0.15, 0.2) is 0 Å². The molecule has 1 amide bonds. The van der Waals surface area contributed by atoms with E-state index in [1.54, 1.807) is 30.3 Å². The third-order valence-corrected chi connectivity index (χ3v) is 5.93. The largest absolute Gasteiger partial charge is 0.271 e. The van der Waals surface area contributed by atoms with Crippen LogP contribution >= 0.6 is 23.2 Å². The van der Waals surface area contributed by atoms with Gasteiger partial charge < -0.3 is 0 Å². The minimum absolute atomic E-state index is 0.362. The molecule has 3 aromatic carbocycles. The smallest absolute Gasteiger partial charge is 0.260 e. The molecule has 0 saturated carbocycles. The fraction of sp³-hybridized carbons (Fsp3) is 0.100. The molecule has 0 fully saturated rings. The van der Waals surface area contributed by atoms with Crippen LogP contribution in [0.2, 0.25) is 10.0 Å². The molecule has 0 aliphatic rings. The first-order valence-electron chi connectivity index (χ1n) is 8.48. The number of hydrazone groups is 1. The lowest BCUT2D eigenvalue weighted by Crippen LogP contribution is -2.39. The van der Waals surface area contributed by atoms with Gasteiger partial charge in [0.25, 0.3) is 5.91 Å². The van der Waals surface area contributed by atoms with Crippen molar-refractivity contribution < 1.29 is 13.2 Å². The molecule has 0 heterocycles. The van der Waals surface area contributed by atoms with Crippen LogP contribution in [0.1, 0.15) is 5.56 Å². The number of anilines is 1. The molecule has 0 radical (unpaired) electrons. The summed E-state index contributed by atoms with van der Waals surface area (Å²) in [6.07, 6.45) is 2.45. The first-order chi connectivity index (χ1) is 13.8. The van der Waals surface area contributed by atoms with E-state index < -0.39 is 22.5 Å². The second-order valence-electron chi connectivity index (χ2n) is 6.23. The maximum Gasteiger partial charge on any atom is 0.260 e. The lowest BCUT2D eigenvalue weighted by molar-refractivity contribution is -0.119. The van der Waals surface area contributed by atoms with Crippen LogP contribution in [0, 0.1) is 0 Å². The average Bonchev–Trinajstić information content (AvgIpc) is 2.68. The van der Waals surface area contributed by atoms with Crippen LogP contribution < -0.4 is 9.73 Å². The van der Waals surface area contributed by atoms with E-state index in [0.29, 0.717) is 21.3 Å². The number of hydrogen-bond donors (Lipinski definition) is 1. The predicted octanol–water partition coefficient (Wildman–Crippen LogP) is 4.06. The normalized spacial score (nSPS) is 11.7. The monoisotopic (exact) mass is 449 g/mol. The molecular weight excluding hydrogens is 433 g/mol. The number of rotatable bonds is 6. The lowest BCUT2D eigenvalue weighted by Gasteiger charge is -2.23. The Hall–Kier alpha value is -2.61. The van der Waals surface area contributed by atoms with Crippen LogP contribution in [0.25, 0.3) is 10.8 Å². The topological polar surface area (TPSA) is 78.8 Å². The molecule has 3 aromatic rings. The molecular formula is C20H17Cl2N3O3S. The first-order valence-corrected chi connectivity index (χ1v) is 11.1. The fourth-order valence-corrected chi connectivity index (χ4v) is 3.92. The number of hydrogen-bond acceptors (Lipinski definition) is 4. The van der Waals surface area contributed by atoms with Gasteiger partial charge in [-0.2, -0.15) is 5.10 Å². The standard InChI is InChI=1S/C20H17Cl2N3O3S/c1-29(27,28)25(19-8-4-6-15-5-2-3-7-16(15)19)13-20(26)24-23-12-14-9-10-17(21)18(22)11-14/h2-12H,13H2,1H3,(H,24,26)/b23-12-. The fourth-order valence-electron chi connectivity index (χ4n) is 2.74. The second-order valence-corrected chi connectivity index (χ2v) is 8.96. The van der Waals surface area contributed by atoms with Crippen LogP contribution in [-0.2, 0) is 14.8 Å². The molecule has 29 heavy (non-hydrogen) atoms. The maximum absolute atomic E-state index is 12.4. The second kappa shape index (κ2) is 8.82. The van der Waals surface area contributed by atoms with Crippen molar-refractivity contribution in [1.82, 2.24) is 5.43 Å². The molecule has 0 unspecified atom stereocenters. The van der Waals surface area contributed by atoms with Gasteiger partial charge in [0.1, 0.15) is 6.54 Å². The quantitative estimate of drug-likeness (QED) is 0.455. The summed E-state index contributed by atoms with van der Waals surface area (Å²) < 4.78 is 25.8. The van der Waals surface area contributed by atoms with E-state index >= 15 is 0 Å². The number of halogens is 2. The van der Waals surface area contributed by atoms with Crippen molar-refractivity contribution in [2.24, 2.45) is 5.10 Å². The van der Waals surface area contributed by atoms with E-state index in [-0.39, 0.29) is 0 Å². The van der Waals surface area contributed by atoms with Crippen molar-refractivity contribution in [3.05, 3.63) is 76.3 Å². The van der Waals surface area contributed by atoms with Gasteiger partial charge in [0.2, 0.25) is 10.0 Å². The number of benzene rings is 3. The van der Waals surface area contributed by atoms with Crippen LogP contribution in [0.15, 0.2) is 65.8 Å². The predicted molar refractivity (Wildman–Crippen MR) is 118 cm³/mol. The molecule has 9 heteroatoms. The van der Waals surface area contributed by atoms with Crippen molar-refractivity contribution in [1.29, 1.82) is 0 Å². The molecule has 1 N–H and O–H groups in total. The van der Waals surface area contributed by atoms with Gasteiger partial charge in [-0.15, -0.1) is 0 Å². The highest BCUT2D eigenvalue weighted by atomic mass is 35.5. The van der Waals surface area contributed by atoms with Crippen LogP contribution in [0.4, 0.5) is 5.69 Å². The average molecular weight is 450 g/mol. The number of carbonyl (C=O) groups is 1. The van der Waals surface area contributed by atoms with E-state index in [0.717, 1.165) is 21.3 Å². The van der Waals surface area contributed by atoms with Gasteiger partial charge in [-0.1, -0.05) is 65.7 Å². The molecule has 0 bridgehead atoms. The minimum Gasteiger partial charge on any atom is -0.271 e. The SMILES string of the molecule is CS(=O)(=O)N(CC(=O)N/N=C\c1ccc(Cl)c(Cl)c1)c1cccc2ccccc12. The zero-order valence-corrected chi connectivity index (χ0v) is 17.7. The summed E-state index contributed by atoms with van der Waals surface area (Å²) in [4.78, 5) is 12.3. The minimum atomic E-state index is -3.70. The number of nitrogens with zero attached hydrogens (tertiary/aromatic N) is 2. The van der Waals surface area contributed by atoms with Gasteiger partial charge in [-0.25, -0.2) is 13.8 Å². The zero-order valence-electron chi connectivity index (χ0n) is 15.3. The number of carbonyl (C=O) groups excluding carboxylic acids is 1. The van der Waals surface area contributed by atoms with E-state index in [1.165, 1.54) is 6.21 Å². The Morgan fingerprint density at radius 2 is 1.79 bits per heavy atom. The Bertz CT molecular complexity index is 1190. The van der Waals surface area contributed by atoms with E-state index in [2.05, 4.69) is 10.5 Å². The van der Waals surface area contributed by atoms with Gasteiger partial charge >= 0.3 is 0 Å². The van der Waals surface area contributed by atoms with Crippen LogP contribution in [0.5, 0.6) is 0 Å². The number of nitrogens with one attached hydrogen (secondary N) is 1. The van der Waals surface area contributed by atoms with Crippen LogP contribution in [0.3, 0.4) is 0 Å². The van der Waals surface area contributed by atoms with Gasteiger partial charge in [-0.3, -0.25) is 9.10 Å². The number of amides is 1. The van der Waals surface area contributed by atoms with Crippen molar-refractivity contribution in [2.75, 3.05) is 17.1 Å². The van der Waals surface area contributed by atoms with Crippen molar-refractivity contribution in [3.63, 3.8) is 0 Å². The summed E-state index contributed by atoms with van der Waals surface area (Å²) in [5.74, 6) is -0.584. The first kappa shape index (κ1) is 21.1. The molecule has 0 aliphatic heterocycles. The Balaban J connectivity index is 1.79. The maximum atomic E-state index is 12.4. The molecule has 0 atom stereocenters. The van der Waals surface area contributed by atoms with Crippen molar-refractivity contribution in [3.8, 4) is 0 Å². The lowest BCUT2D eigenvalue weighted by atomic mass is 10.1.